The molecule has 0 saturated carbocycles. The first kappa shape index (κ1) is 23.7. The number of thioether (sulfide) groups is 1. The molecule has 1 heterocycles. The van der Waals surface area contributed by atoms with Gasteiger partial charge in [-0.3, -0.25) is 14.4 Å². The van der Waals surface area contributed by atoms with E-state index in [0.717, 1.165) is 11.8 Å². The van der Waals surface area contributed by atoms with E-state index in [1.165, 1.54) is 11.8 Å². The van der Waals surface area contributed by atoms with Gasteiger partial charge in [0.15, 0.2) is 0 Å². The van der Waals surface area contributed by atoms with Gasteiger partial charge in [0.2, 0.25) is 16.9 Å². The van der Waals surface area contributed by atoms with Crippen molar-refractivity contribution in [1.29, 1.82) is 0 Å². The van der Waals surface area contributed by atoms with Crippen LogP contribution >= 0.6 is 11.8 Å². The highest BCUT2D eigenvalue weighted by molar-refractivity contribution is 8.13. The molecule has 11 nitrogen and oxygen atoms in total. The number of carbonyl (C=O) groups excluding carboxylic acids is 3. The lowest BCUT2D eigenvalue weighted by Gasteiger charge is -2.24. The summed E-state index contributed by atoms with van der Waals surface area (Å²) in [5.41, 5.74) is 0. The number of nitrogens with zero attached hydrogens (tertiary/aromatic N) is 2. The lowest BCUT2D eigenvalue weighted by molar-refractivity contribution is -0.757. The van der Waals surface area contributed by atoms with Gasteiger partial charge < -0.3 is 20.2 Å². The molecule has 3 atom stereocenters. The van der Waals surface area contributed by atoms with Crippen molar-refractivity contribution < 1.29 is 34.2 Å². The zero-order valence-electron chi connectivity index (χ0n) is 15.8. The van der Waals surface area contributed by atoms with Crippen molar-refractivity contribution in [2.45, 2.75) is 51.6 Å². The Kier molecular flexibility index (Phi) is 9.69. The van der Waals surface area contributed by atoms with Gasteiger partial charge in [-0.05, 0) is 26.2 Å². The number of carboxylic acids is 1. The van der Waals surface area contributed by atoms with Crippen LogP contribution in [0, 0.1) is 16.0 Å². The summed E-state index contributed by atoms with van der Waals surface area (Å²) in [5, 5.41) is 20.4. The second-order valence-corrected chi connectivity index (χ2v) is 7.53. The second-order valence-electron chi connectivity index (χ2n) is 6.51. The fourth-order valence-corrected chi connectivity index (χ4v) is 3.58. The molecule has 0 aromatic heterocycles. The van der Waals surface area contributed by atoms with E-state index in [1.807, 2.05) is 0 Å². The van der Waals surface area contributed by atoms with Gasteiger partial charge in [-0.2, -0.15) is 0 Å². The Labute approximate surface area is 166 Å². The van der Waals surface area contributed by atoms with Crippen LogP contribution in [0.15, 0.2) is 0 Å². The summed E-state index contributed by atoms with van der Waals surface area (Å²) in [6.45, 7) is 3.34. The minimum absolute atomic E-state index is 0.0173. The summed E-state index contributed by atoms with van der Waals surface area (Å²) in [4.78, 5) is 62.9. The first-order valence-electron chi connectivity index (χ1n) is 8.90. The fourth-order valence-electron chi connectivity index (χ4n) is 2.72. The monoisotopic (exact) mass is 419 g/mol. The normalized spacial score (nSPS) is 18.2. The first-order valence-corrected chi connectivity index (χ1v) is 9.88. The maximum atomic E-state index is 12.4. The highest BCUT2D eigenvalue weighted by Gasteiger charge is 2.36. The van der Waals surface area contributed by atoms with E-state index in [4.69, 9.17) is 5.11 Å². The largest absolute Gasteiger partial charge is 0.480 e. The summed E-state index contributed by atoms with van der Waals surface area (Å²) in [6, 6.07) is -1.59. The quantitative estimate of drug-likeness (QED) is 0.276. The molecule has 0 spiro atoms. The molecule has 2 N–H and O–H groups in total. The van der Waals surface area contributed by atoms with Crippen LogP contribution in [0.3, 0.4) is 0 Å². The number of amides is 2. The summed E-state index contributed by atoms with van der Waals surface area (Å²) in [7, 11) is 0. The molecule has 0 bridgehead atoms. The van der Waals surface area contributed by atoms with Crippen LogP contribution in [0.1, 0.15) is 39.5 Å². The van der Waals surface area contributed by atoms with Gasteiger partial charge in [0, 0.05) is 24.6 Å². The molecule has 1 saturated heterocycles. The summed E-state index contributed by atoms with van der Waals surface area (Å²) < 4.78 is 0. The van der Waals surface area contributed by atoms with Gasteiger partial charge >= 0.3 is 5.97 Å². The number of nitrogens with one attached hydrogen (secondary N) is 1. The fraction of sp³-hybridized carbons (Fsp3) is 0.750. The number of hydrogen-bond donors (Lipinski definition) is 2. The molecule has 12 heteroatoms. The van der Waals surface area contributed by atoms with E-state index >= 15 is 0 Å². The third kappa shape index (κ3) is 7.71. The Balaban J connectivity index is 2.35. The van der Waals surface area contributed by atoms with Crippen LogP contribution in [0.2, 0.25) is 0 Å². The molecule has 0 aromatic carbocycles. The van der Waals surface area contributed by atoms with Gasteiger partial charge in [-0.25, -0.2) is 4.79 Å². The van der Waals surface area contributed by atoms with Crippen molar-refractivity contribution in [2.24, 2.45) is 5.92 Å². The van der Waals surface area contributed by atoms with E-state index in [1.54, 1.807) is 6.92 Å². The minimum atomic E-state index is -1.03. The summed E-state index contributed by atoms with van der Waals surface area (Å²) in [5.74, 6) is -2.11. The van der Waals surface area contributed by atoms with E-state index in [0.29, 0.717) is 19.4 Å². The number of hydrogen-bond acceptors (Lipinski definition) is 8. The van der Waals surface area contributed by atoms with Gasteiger partial charge in [-0.1, -0.05) is 18.7 Å². The third-order valence-corrected chi connectivity index (χ3v) is 5.50. The molecule has 1 aliphatic heterocycles. The Morgan fingerprint density at radius 3 is 2.64 bits per heavy atom. The number of carboxylic acid groups (broad SMARTS) is 1. The molecular formula is C16H25N3O8S. The molecule has 1 fully saturated rings. The smallest absolute Gasteiger partial charge is 0.326 e. The Morgan fingerprint density at radius 2 is 2.04 bits per heavy atom. The molecule has 0 radical (unpaired) electrons. The predicted octanol–water partition coefficient (Wildman–Crippen LogP) is 0.451. The van der Waals surface area contributed by atoms with E-state index in [9.17, 15) is 29.3 Å². The third-order valence-electron chi connectivity index (χ3n) is 4.19. The van der Waals surface area contributed by atoms with Gasteiger partial charge in [-0.15, -0.1) is 10.1 Å². The predicted molar refractivity (Wildman–Crippen MR) is 98.8 cm³/mol. The number of aliphatic carboxylic acids is 1. The van der Waals surface area contributed by atoms with Crippen LogP contribution in [0.25, 0.3) is 0 Å². The summed E-state index contributed by atoms with van der Waals surface area (Å²) in [6.07, 6.45) is 1.19. The van der Waals surface area contributed by atoms with Crippen molar-refractivity contribution in [3.8, 4) is 0 Å². The summed E-state index contributed by atoms with van der Waals surface area (Å²) >= 11 is 0.901. The van der Waals surface area contributed by atoms with Crippen LogP contribution in [0.5, 0.6) is 0 Å². The zero-order valence-corrected chi connectivity index (χ0v) is 16.6. The molecule has 158 valence electrons. The van der Waals surface area contributed by atoms with Crippen molar-refractivity contribution >= 4 is 34.7 Å². The van der Waals surface area contributed by atoms with E-state index < -0.39 is 35.0 Å². The first-order chi connectivity index (χ1) is 13.1. The average Bonchev–Trinajstić information content (AvgIpc) is 3.12. The maximum Gasteiger partial charge on any atom is 0.326 e. The van der Waals surface area contributed by atoms with Gasteiger partial charge in [0.05, 0.1) is 12.6 Å². The van der Waals surface area contributed by atoms with Crippen molar-refractivity contribution in [2.75, 3.05) is 18.9 Å². The molecule has 2 amide bonds. The molecule has 0 aliphatic carbocycles. The number of carbonyl (C=O) groups is 4. The van der Waals surface area contributed by atoms with Gasteiger partial charge in [0.1, 0.15) is 6.04 Å². The van der Waals surface area contributed by atoms with Crippen molar-refractivity contribution in [1.82, 2.24) is 10.2 Å². The number of rotatable bonds is 11. The Bertz CT molecular complexity index is 615. The Hall–Kier alpha value is -2.37. The van der Waals surface area contributed by atoms with Crippen molar-refractivity contribution in [3.63, 3.8) is 0 Å². The lowest BCUT2D eigenvalue weighted by Crippen LogP contribution is -2.43. The van der Waals surface area contributed by atoms with Crippen LogP contribution in [-0.4, -0.2) is 69.0 Å². The topological polar surface area (TPSA) is 156 Å². The molecular weight excluding hydrogens is 394 g/mol. The molecule has 1 rings (SSSR count). The highest BCUT2D eigenvalue weighted by Crippen LogP contribution is 2.22. The SMILES string of the molecule is CC(NC(=O)CCCO[N+](=O)[O-])C(=O)SC[C@@H](C)C(=O)N1CCC[C@H]1C(=O)O. The van der Waals surface area contributed by atoms with E-state index in [2.05, 4.69) is 10.2 Å². The lowest BCUT2D eigenvalue weighted by atomic mass is 10.1. The average molecular weight is 419 g/mol. The standard InChI is InChI=1S/C16H25N3O8S/c1-10(14(21)18-7-3-5-12(18)15(22)23)9-28-16(24)11(2)17-13(20)6-4-8-27-19(25)26/h10-12H,3-9H2,1-2H3,(H,17,20)(H,22,23)/t10-,11?,12+/m1/s1. The van der Waals surface area contributed by atoms with Crippen LogP contribution in [-0.2, 0) is 24.0 Å². The Morgan fingerprint density at radius 1 is 1.36 bits per heavy atom. The van der Waals surface area contributed by atoms with Gasteiger partial charge in [0.25, 0.3) is 5.09 Å². The molecule has 0 aromatic rings. The molecule has 1 unspecified atom stereocenters. The number of likely N-dealkylation sites (tertiary alicyclic amines) is 1. The second kappa shape index (κ2) is 11.5. The van der Waals surface area contributed by atoms with E-state index in [-0.39, 0.29) is 36.2 Å². The zero-order chi connectivity index (χ0) is 21.3. The van der Waals surface area contributed by atoms with Crippen molar-refractivity contribution in [3.05, 3.63) is 10.1 Å². The minimum Gasteiger partial charge on any atom is -0.480 e. The van der Waals surface area contributed by atoms with Crippen LogP contribution < -0.4 is 5.32 Å². The van der Waals surface area contributed by atoms with Crippen LogP contribution in [0.4, 0.5) is 0 Å². The molecule has 1 aliphatic rings. The molecule has 28 heavy (non-hydrogen) atoms. The maximum absolute atomic E-state index is 12.4. The highest BCUT2D eigenvalue weighted by atomic mass is 32.2.